The van der Waals surface area contributed by atoms with Crippen molar-refractivity contribution in [2.24, 2.45) is 0 Å². The van der Waals surface area contributed by atoms with Crippen LogP contribution in [0.5, 0.6) is 0 Å². The topological polar surface area (TPSA) is 50.1 Å². The number of benzene rings is 2. The molecule has 1 aliphatic rings. The molecule has 0 saturated carbocycles. The van der Waals surface area contributed by atoms with Crippen molar-refractivity contribution in [2.45, 2.75) is 6.92 Å². The molecule has 6 nitrogen and oxygen atoms in total. The summed E-state index contributed by atoms with van der Waals surface area (Å²) in [6, 6.07) is 18.7. The number of nitrogens with zero attached hydrogens (tertiary/aromatic N) is 6. The highest BCUT2D eigenvalue weighted by Crippen LogP contribution is 2.25. The van der Waals surface area contributed by atoms with E-state index in [1.165, 1.54) is 17.8 Å². The molecule has 0 bridgehead atoms. The molecular formula is C24H23FN6. The van der Waals surface area contributed by atoms with Crippen LogP contribution in [0.2, 0.25) is 0 Å². The Labute approximate surface area is 180 Å². The third-order valence-electron chi connectivity index (χ3n) is 5.59. The molecule has 2 aromatic carbocycles. The molecule has 0 unspecified atom stereocenters. The summed E-state index contributed by atoms with van der Waals surface area (Å²) in [5, 5.41) is 4.59. The normalized spacial score (nSPS) is 14.1. The number of anilines is 2. The second kappa shape index (κ2) is 8.18. The minimum Gasteiger partial charge on any atom is -0.368 e. The van der Waals surface area contributed by atoms with Gasteiger partial charge in [-0.3, -0.25) is 0 Å². The highest BCUT2D eigenvalue weighted by molar-refractivity contribution is 5.63. The molecule has 1 aliphatic heterocycles. The van der Waals surface area contributed by atoms with Crippen molar-refractivity contribution >= 4 is 11.6 Å². The third-order valence-corrected chi connectivity index (χ3v) is 5.59. The zero-order chi connectivity index (χ0) is 21.2. The first-order chi connectivity index (χ1) is 15.2. The summed E-state index contributed by atoms with van der Waals surface area (Å²) in [4.78, 5) is 14.0. The average Bonchev–Trinajstić information content (AvgIpc) is 3.22. The van der Waals surface area contributed by atoms with Gasteiger partial charge in [0.25, 0.3) is 0 Å². The van der Waals surface area contributed by atoms with E-state index in [1.807, 2.05) is 25.3 Å². The SMILES string of the molecule is Cc1nn(-c2ccc(F)cc2)cc1-c1ccnc(N2CCN(c3ccccc3)CC2)n1. The highest BCUT2D eigenvalue weighted by atomic mass is 19.1. The largest absolute Gasteiger partial charge is 0.368 e. The molecular weight excluding hydrogens is 391 g/mol. The van der Waals surface area contributed by atoms with Crippen molar-refractivity contribution in [3.8, 4) is 16.9 Å². The van der Waals surface area contributed by atoms with Gasteiger partial charge in [0.05, 0.1) is 17.1 Å². The van der Waals surface area contributed by atoms with Gasteiger partial charge in [0.1, 0.15) is 5.82 Å². The molecule has 2 aromatic heterocycles. The van der Waals surface area contributed by atoms with E-state index >= 15 is 0 Å². The quantitative estimate of drug-likeness (QED) is 0.503. The zero-order valence-corrected chi connectivity index (χ0v) is 17.3. The van der Waals surface area contributed by atoms with Crippen molar-refractivity contribution in [3.63, 3.8) is 0 Å². The number of rotatable bonds is 4. The molecule has 7 heteroatoms. The minimum absolute atomic E-state index is 0.263. The lowest BCUT2D eigenvalue weighted by Crippen LogP contribution is -2.47. The molecule has 156 valence electrons. The Morgan fingerprint density at radius 3 is 2.26 bits per heavy atom. The summed E-state index contributed by atoms with van der Waals surface area (Å²) in [7, 11) is 0. The van der Waals surface area contributed by atoms with E-state index in [0.29, 0.717) is 0 Å². The number of hydrogen-bond donors (Lipinski definition) is 0. The van der Waals surface area contributed by atoms with E-state index in [9.17, 15) is 4.39 Å². The average molecular weight is 414 g/mol. The Bertz CT molecular complexity index is 1160. The summed E-state index contributed by atoms with van der Waals surface area (Å²) in [5.41, 5.74) is 4.70. The zero-order valence-electron chi connectivity index (χ0n) is 17.3. The Morgan fingerprint density at radius 1 is 0.806 bits per heavy atom. The van der Waals surface area contributed by atoms with Gasteiger partial charge in [0, 0.05) is 49.8 Å². The van der Waals surface area contributed by atoms with Gasteiger partial charge in [-0.05, 0) is 49.4 Å². The molecule has 0 spiro atoms. The molecule has 0 amide bonds. The molecule has 0 atom stereocenters. The number of hydrogen-bond acceptors (Lipinski definition) is 5. The van der Waals surface area contributed by atoms with Crippen LogP contribution in [0.1, 0.15) is 5.69 Å². The summed E-state index contributed by atoms with van der Waals surface area (Å²) >= 11 is 0. The second-order valence-electron chi connectivity index (χ2n) is 7.60. The lowest BCUT2D eigenvalue weighted by atomic mass is 10.2. The maximum Gasteiger partial charge on any atom is 0.225 e. The monoisotopic (exact) mass is 414 g/mol. The second-order valence-corrected chi connectivity index (χ2v) is 7.60. The number of halogens is 1. The number of piperazine rings is 1. The van der Waals surface area contributed by atoms with Crippen LogP contribution in [0.15, 0.2) is 73.1 Å². The molecule has 3 heterocycles. The number of aromatic nitrogens is 4. The Hall–Kier alpha value is -3.74. The molecule has 0 N–H and O–H groups in total. The van der Waals surface area contributed by atoms with Gasteiger partial charge in [-0.1, -0.05) is 18.2 Å². The van der Waals surface area contributed by atoms with Gasteiger partial charge in [-0.2, -0.15) is 5.10 Å². The Kier molecular flexibility index (Phi) is 5.08. The molecule has 0 radical (unpaired) electrons. The van der Waals surface area contributed by atoms with Crippen molar-refractivity contribution in [2.75, 3.05) is 36.0 Å². The molecule has 31 heavy (non-hydrogen) atoms. The van der Waals surface area contributed by atoms with Gasteiger partial charge < -0.3 is 9.80 Å². The predicted octanol–water partition coefficient (Wildman–Crippen LogP) is 4.10. The van der Waals surface area contributed by atoms with Gasteiger partial charge in [-0.15, -0.1) is 0 Å². The smallest absolute Gasteiger partial charge is 0.225 e. The lowest BCUT2D eigenvalue weighted by molar-refractivity contribution is 0.627. The maximum absolute atomic E-state index is 13.2. The van der Waals surface area contributed by atoms with Crippen molar-refractivity contribution in [1.29, 1.82) is 0 Å². The molecule has 1 saturated heterocycles. The summed E-state index contributed by atoms with van der Waals surface area (Å²) in [6.45, 7) is 5.55. The van der Waals surface area contributed by atoms with E-state index in [1.54, 1.807) is 23.0 Å². The van der Waals surface area contributed by atoms with Gasteiger partial charge in [0.15, 0.2) is 0 Å². The van der Waals surface area contributed by atoms with Crippen molar-refractivity contribution < 1.29 is 4.39 Å². The van der Waals surface area contributed by atoms with Crippen LogP contribution in [-0.4, -0.2) is 45.9 Å². The fraction of sp³-hybridized carbons (Fsp3) is 0.208. The van der Waals surface area contributed by atoms with Gasteiger partial charge in [0.2, 0.25) is 5.95 Å². The summed E-state index contributed by atoms with van der Waals surface area (Å²) in [6.07, 6.45) is 3.73. The maximum atomic E-state index is 13.2. The number of aryl methyl sites for hydroxylation is 1. The third kappa shape index (κ3) is 3.99. The number of para-hydroxylation sites is 1. The Balaban J connectivity index is 1.35. The Morgan fingerprint density at radius 2 is 1.52 bits per heavy atom. The van der Waals surface area contributed by atoms with Gasteiger partial charge >= 0.3 is 0 Å². The fourth-order valence-corrected chi connectivity index (χ4v) is 3.89. The van der Waals surface area contributed by atoms with E-state index in [4.69, 9.17) is 4.98 Å². The molecule has 4 aromatic rings. The van der Waals surface area contributed by atoms with E-state index in [2.05, 4.69) is 44.1 Å². The standard InChI is InChI=1S/C24H23FN6/c1-18-22(17-31(28-18)21-9-7-19(25)8-10-21)23-11-12-26-24(27-23)30-15-13-29(14-16-30)20-5-3-2-4-6-20/h2-12,17H,13-16H2,1H3. The van der Waals surface area contributed by atoms with Crippen LogP contribution >= 0.6 is 0 Å². The highest BCUT2D eigenvalue weighted by Gasteiger charge is 2.20. The first-order valence-corrected chi connectivity index (χ1v) is 10.4. The lowest BCUT2D eigenvalue weighted by Gasteiger charge is -2.36. The predicted molar refractivity (Wildman–Crippen MR) is 120 cm³/mol. The fourth-order valence-electron chi connectivity index (χ4n) is 3.89. The minimum atomic E-state index is -0.263. The van der Waals surface area contributed by atoms with Gasteiger partial charge in [-0.25, -0.2) is 19.0 Å². The first-order valence-electron chi connectivity index (χ1n) is 10.4. The van der Waals surface area contributed by atoms with Crippen molar-refractivity contribution in [1.82, 2.24) is 19.7 Å². The van der Waals surface area contributed by atoms with Crippen LogP contribution in [0.4, 0.5) is 16.0 Å². The van der Waals surface area contributed by atoms with E-state index < -0.39 is 0 Å². The molecule has 5 rings (SSSR count). The van der Waals surface area contributed by atoms with E-state index in [-0.39, 0.29) is 5.82 Å². The molecule has 1 fully saturated rings. The molecule has 0 aliphatic carbocycles. The summed E-state index contributed by atoms with van der Waals surface area (Å²) < 4.78 is 15.0. The van der Waals surface area contributed by atoms with Crippen molar-refractivity contribution in [3.05, 3.63) is 84.6 Å². The first kappa shape index (κ1) is 19.2. The van der Waals surface area contributed by atoms with Crippen LogP contribution in [0.3, 0.4) is 0 Å². The van der Waals surface area contributed by atoms with Crippen LogP contribution in [0.25, 0.3) is 16.9 Å². The van der Waals surface area contributed by atoms with Crippen LogP contribution < -0.4 is 9.80 Å². The van der Waals surface area contributed by atoms with Crippen LogP contribution in [-0.2, 0) is 0 Å². The summed E-state index contributed by atoms with van der Waals surface area (Å²) in [5.74, 6) is 0.472. The van der Waals surface area contributed by atoms with Crippen LogP contribution in [0, 0.1) is 12.7 Å². The van der Waals surface area contributed by atoms with E-state index in [0.717, 1.165) is 54.8 Å².